The molecule has 1 aliphatic rings. The third kappa shape index (κ3) is 6.16. The van der Waals surface area contributed by atoms with Gasteiger partial charge in [-0.05, 0) is 37.7 Å². The van der Waals surface area contributed by atoms with E-state index >= 15 is 0 Å². The summed E-state index contributed by atoms with van der Waals surface area (Å²) in [6.07, 6.45) is 6.75. The molecule has 30 heavy (non-hydrogen) atoms. The summed E-state index contributed by atoms with van der Waals surface area (Å²) < 4.78 is 43.6. The molecule has 0 unspecified atom stereocenters. The Hall–Kier alpha value is -2.68. The zero-order valence-corrected chi connectivity index (χ0v) is 17.0. The normalized spacial score (nSPS) is 19.9. The van der Waals surface area contributed by atoms with E-state index in [9.17, 15) is 13.6 Å². The number of esters is 1. The van der Waals surface area contributed by atoms with Crippen LogP contribution in [0, 0.1) is 17.6 Å². The molecule has 2 heterocycles. The first kappa shape index (κ1) is 22.0. The standard InChI is InChI=1S/C21H25F2N3O4/c1-13(7-19(27)28-2)12-29-16-3-5-17(6-4-16)30-21-18(23)8-14(9-26-21)20-24-10-15(22)11-25-20/h8-11,13,16-17H,3-7,12H2,1-2H3/t13-,16?,17?/m1/s1. The van der Waals surface area contributed by atoms with Gasteiger partial charge in [0.25, 0.3) is 5.88 Å². The second-order valence-electron chi connectivity index (χ2n) is 7.47. The summed E-state index contributed by atoms with van der Waals surface area (Å²) in [5.74, 6) is -1.21. The largest absolute Gasteiger partial charge is 0.472 e. The highest BCUT2D eigenvalue weighted by Gasteiger charge is 2.25. The van der Waals surface area contributed by atoms with E-state index in [1.807, 2.05) is 6.92 Å². The second-order valence-corrected chi connectivity index (χ2v) is 7.47. The van der Waals surface area contributed by atoms with Crippen molar-refractivity contribution in [3.05, 3.63) is 36.3 Å². The Morgan fingerprint density at radius 2 is 1.77 bits per heavy atom. The van der Waals surface area contributed by atoms with Crippen molar-refractivity contribution in [1.29, 1.82) is 0 Å². The Morgan fingerprint density at radius 1 is 1.10 bits per heavy atom. The van der Waals surface area contributed by atoms with Gasteiger partial charge in [0.2, 0.25) is 0 Å². The van der Waals surface area contributed by atoms with Gasteiger partial charge in [0.15, 0.2) is 17.5 Å². The summed E-state index contributed by atoms with van der Waals surface area (Å²) in [5.41, 5.74) is 0.345. The predicted octanol–water partition coefficient (Wildman–Crippen LogP) is 3.72. The van der Waals surface area contributed by atoms with Crippen LogP contribution in [0.3, 0.4) is 0 Å². The fourth-order valence-electron chi connectivity index (χ4n) is 3.30. The highest BCUT2D eigenvalue weighted by Crippen LogP contribution is 2.27. The highest BCUT2D eigenvalue weighted by molar-refractivity contribution is 5.69. The molecule has 3 rings (SSSR count). The van der Waals surface area contributed by atoms with E-state index < -0.39 is 11.6 Å². The average Bonchev–Trinajstić information content (AvgIpc) is 2.75. The van der Waals surface area contributed by atoms with Crippen molar-refractivity contribution >= 4 is 5.97 Å². The molecule has 1 atom stereocenters. The van der Waals surface area contributed by atoms with E-state index in [0.717, 1.165) is 38.1 Å². The number of carbonyl (C=O) groups is 1. The van der Waals surface area contributed by atoms with Crippen LogP contribution in [0.25, 0.3) is 11.4 Å². The van der Waals surface area contributed by atoms with Gasteiger partial charge in [0.1, 0.15) is 6.10 Å². The SMILES string of the molecule is COC(=O)C[C@@H](C)COC1CCC(Oc2ncc(-c3ncc(F)cn3)cc2F)CC1. The second kappa shape index (κ2) is 10.4. The van der Waals surface area contributed by atoms with Crippen molar-refractivity contribution in [2.75, 3.05) is 13.7 Å². The molecule has 0 N–H and O–H groups in total. The molecule has 162 valence electrons. The molecule has 1 saturated carbocycles. The molecule has 2 aromatic heterocycles. The summed E-state index contributed by atoms with van der Waals surface area (Å²) in [6, 6.07) is 1.23. The number of aromatic nitrogens is 3. The Bertz CT molecular complexity index is 843. The van der Waals surface area contributed by atoms with Crippen LogP contribution in [0.2, 0.25) is 0 Å². The van der Waals surface area contributed by atoms with Crippen LogP contribution in [-0.2, 0) is 14.3 Å². The molecule has 0 radical (unpaired) electrons. The Labute approximate surface area is 173 Å². The number of pyridine rings is 1. The van der Waals surface area contributed by atoms with Crippen LogP contribution in [0.15, 0.2) is 24.7 Å². The monoisotopic (exact) mass is 421 g/mol. The van der Waals surface area contributed by atoms with Crippen molar-refractivity contribution in [3.63, 3.8) is 0 Å². The highest BCUT2D eigenvalue weighted by atomic mass is 19.1. The van der Waals surface area contributed by atoms with Gasteiger partial charge in [0, 0.05) is 11.8 Å². The number of hydrogen-bond donors (Lipinski definition) is 0. The topological polar surface area (TPSA) is 83.4 Å². The van der Waals surface area contributed by atoms with Gasteiger partial charge in [-0.2, -0.15) is 0 Å². The predicted molar refractivity (Wildman–Crippen MR) is 104 cm³/mol. The van der Waals surface area contributed by atoms with Gasteiger partial charge in [-0.15, -0.1) is 0 Å². The lowest BCUT2D eigenvalue weighted by atomic mass is 9.95. The molecule has 2 aromatic rings. The Balaban J connectivity index is 1.46. The van der Waals surface area contributed by atoms with E-state index in [-0.39, 0.29) is 35.8 Å². The molecule has 0 amide bonds. The number of rotatable bonds is 8. The molecule has 7 nitrogen and oxygen atoms in total. The fraction of sp³-hybridized carbons (Fsp3) is 0.524. The maximum atomic E-state index is 14.4. The first-order valence-electron chi connectivity index (χ1n) is 9.93. The molecule has 0 aromatic carbocycles. The number of halogens is 2. The van der Waals surface area contributed by atoms with Crippen LogP contribution < -0.4 is 4.74 Å². The van der Waals surface area contributed by atoms with Crippen LogP contribution in [0.5, 0.6) is 5.88 Å². The molecule has 0 bridgehead atoms. The van der Waals surface area contributed by atoms with Gasteiger partial charge in [0.05, 0.1) is 38.6 Å². The maximum Gasteiger partial charge on any atom is 0.305 e. The molecule has 9 heteroatoms. The minimum Gasteiger partial charge on any atom is -0.472 e. The Morgan fingerprint density at radius 3 is 2.40 bits per heavy atom. The van der Waals surface area contributed by atoms with Gasteiger partial charge in [-0.25, -0.2) is 23.7 Å². The van der Waals surface area contributed by atoms with Crippen LogP contribution in [-0.4, -0.2) is 46.8 Å². The minimum atomic E-state index is -0.615. The Kier molecular flexibility index (Phi) is 7.62. The third-order valence-corrected chi connectivity index (χ3v) is 4.94. The number of nitrogens with zero attached hydrogens (tertiary/aromatic N) is 3. The number of hydrogen-bond acceptors (Lipinski definition) is 7. The third-order valence-electron chi connectivity index (χ3n) is 4.94. The summed E-state index contributed by atoms with van der Waals surface area (Å²) in [6.45, 7) is 2.44. The van der Waals surface area contributed by atoms with Crippen molar-refractivity contribution in [2.24, 2.45) is 5.92 Å². The van der Waals surface area contributed by atoms with Crippen molar-refractivity contribution in [3.8, 4) is 17.3 Å². The van der Waals surface area contributed by atoms with Gasteiger partial charge in [-0.1, -0.05) is 6.92 Å². The van der Waals surface area contributed by atoms with E-state index in [4.69, 9.17) is 9.47 Å². The van der Waals surface area contributed by atoms with Crippen molar-refractivity contribution in [1.82, 2.24) is 15.0 Å². The summed E-state index contributed by atoms with van der Waals surface area (Å²) in [5, 5.41) is 0. The van der Waals surface area contributed by atoms with Crippen LogP contribution in [0.1, 0.15) is 39.0 Å². The van der Waals surface area contributed by atoms with Crippen LogP contribution >= 0.6 is 0 Å². The maximum absolute atomic E-state index is 14.4. The van der Waals surface area contributed by atoms with Crippen LogP contribution in [0.4, 0.5) is 8.78 Å². The molecule has 0 aliphatic heterocycles. The number of ether oxygens (including phenoxy) is 3. The number of carbonyl (C=O) groups excluding carboxylic acids is 1. The minimum absolute atomic E-state index is 0.0723. The first-order valence-corrected chi connectivity index (χ1v) is 9.93. The van der Waals surface area contributed by atoms with E-state index in [1.165, 1.54) is 19.4 Å². The molecule has 1 aliphatic carbocycles. The lowest BCUT2D eigenvalue weighted by molar-refractivity contribution is -0.142. The molecular formula is C21H25F2N3O4. The quantitative estimate of drug-likeness (QED) is 0.601. The molecule has 0 saturated heterocycles. The summed E-state index contributed by atoms with van der Waals surface area (Å²) in [7, 11) is 1.37. The first-order chi connectivity index (χ1) is 14.4. The van der Waals surface area contributed by atoms with Crippen molar-refractivity contribution in [2.45, 2.75) is 51.2 Å². The number of methoxy groups -OCH3 is 1. The van der Waals surface area contributed by atoms with Gasteiger partial charge >= 0.3 is 5.97 Å². The molecular weight excluding hydrogens is 396 g/mol. The zero-order chi connectivity index (χ0) is 21.5. The zero-order valence-electron chi connectivity index (χ0n) is 17.0. The van der Waals surface area contributed by atoms with E-state index in [1.54, 1.807) is 0 Å². The van der Waals surface area contributed by atoms with E-state index in [0.29, 0.717) is 18.6 Å². The average molecular weight is 421 g/mol. The summed E-state index contributed by atoms with van der Waals surface area (Å²) in [4.78, 5) is 23.0. The smallest absolute Gasteiger partial charge is 0.305 e. The molecule has 1 fully saturated rings. The summed E-state index contributed by atoms with van der Waals surface area (Å²) >= 11 is 0. The van der Waals surface area contributed by atoms with Gasteiger partial charge in [-0.3, -0.25) is 4.79 Å². The molecule has 0 spiro atoms. The van der Waals surface area contributed by atoms with E-state index in [2.05, 4.69) is 19.7 Å². The van der Waals surface area contributed by atoms with Gasteiger partial charge < -0.3 is 14.2 Å². The lowest BCUT2D eigenvalue weighted by Crippen LogP contribution is -2.30. The van der Waals surface area contributed by atoms with Crippen molar-refractivity contribution < 1.29 is 27.8 Å². The fourth-order valence-corrected chi connectivity index (χ4v) is 3.30. The lowest BCUT2D eigenvalue weighted by Gasteiger charge is -2.29.